The van der Waals surface area contributed by atoms with E-state index in [4.69, 9.17) is 5.11 Å². The van der Waals surface area contributed by atoms with Gasteiger partial charge in [0.25, 0.3) is 0 Å². The number of aliphatic carboxylic acids is 1. The first-order valence-corrected chi connectivity index (χ1v) is 5.29. The number of hydrogen-bond donors (Lipinski definition) is 2. The predicted octanol–water partition coefficient (Wildman–Crippen LogP) is -0.946. The second kappa shape index (κ2) is 3.86. The topological polar surface area (TPSA) is 86.7 Å². The van der Waals surface area contributed by atoms with Crippen LogP contribution in [0.25, 0.3) is 0 Å². The van der Waals surface area contributed by atoms with E-state index in [0.717, 1.165) is 0 Å². The van der Waals surface area contributed by atoms with Crippen molar-refractivity contribution in [1.29, 1.82) is 0 Å². The van der Waals surface area contributed by atoms with Crippen molar-refractivity contribution in [2.24, 2.45) is 11.8 Å². The van der Waals surface area contributed by atoms with Gasteiger partial charge in [-0.25, -0.2) is 0 Å². The molecule has 2 saturated heterocycles. The molecule has 2 unspecified atom stereocenters. The minimum Gasteiger partial charge on any atom is -0.481 e. The number of carbonyl (C=O) groups is 3. The maximum absolute atomic E-state index is 11.3. The average molecular weight is 226 g/mol. The summed E-state index contributed by atoms with van der Waals surface area (Å²) >= 11 is 0. The number of imide groups is 1. The fourth-order valence-corrected chi connectivity index (χ4v) is 2.16. The van der Waals surface area contributed by atoms with Crippen molar-refractivity contribution < 1.29 is 19.5 Å². The van der Waals surface area contributed by atoms with E-state index >= 15 is 0 Å². The number of amides is 2. The van der Waals surface area contributed by atoms with Crippen LogP contribution in [0.15, 0.2) is 0 Å². The third kappa shape index (κ3) is 1.80. The zero-order valence-corrected chi connectivity index (χ0v) is 8.97. The highest BCUT2D eigenvalue weighted by Gasteiger charge is 2.43. The van der Waals surface area contributed by atoms with Gasteiger partial charge in [-0.2, -0.15) is 0 Å². The Balaban J connectivity index is 1.87. The van der Waals surface area contributed by atoms with Gasteiger partial charge in [-0.3, -0.25) is 24.6 Å². The van der Waals surface area contributed by atoms with Crippen molar-refractivity contribution in [3.05, 3.63) is 0 Å². The largest absolute Gasteiger partial charge is 0.481 e. The van der Waals surface area contributed by atoms with Gasteiger partial charge in [0.1, 0.15) is 0 Å². The first-order chi connectivity index (χ1) is 7.49. The molecule has 2 aliphatic rings. The molecular weight excluding hydrogens is 212 g/mol. The Morgan fingerprint density at radius 2 is 2.12 bits per heavy atom. The molecule has 0 radical (unpaired) electrons. The lowest BCUT2D eigenvalue weighted by atomic mass is 9.86. The van der Waals surface area contributed by atoms with Gasteiger partial charge in [0.2, 0.25) is 11.8 Å². The van der Waals surface area contributed by atoms with Gasteiger partial charge >= 0.3 is 5.97 Å². The van der Waals surface area contributed by atoms with Gasteiger partial charge in [-0.1, -0.05) is 6.92 Å². The standard InChI is InChI=1S/C10H14N2O4/c1-5(10(15)16)6-3-12(4-6)7-2-8(13)11-9(7)14/h5-7H,2-4H2,1H3,(H,15,16)(H,11,13,14). The van der Waals surface area contributed by atoms with Gasteiger partial charge < -0.3 is 5.11 Å². The van der Waals surface area contributed by atoms with Gasteiger partial charge in [-0.05, 0) is 5.92 Å². The number of rotatable bonds is 3. The highest BCUT2D eigenvalue weighted by Crippen LogP contribution is 2.28. The molecule has 6 nitrogen and oxygen atoms in total. The molecule has 0 spiro atoms. The van der Waals surface area contributed by atoms with Gasteiger partial charge in [0.05, 0.1) is 18.4 Å². The second-order valence-corrected chi connectivity index (χ2v) is 4.47. The van der Waals surface area contributed by atoms with Crippen molar-refractivity contribution in [2.45, 2.75) is 19.4 Å². The maximum Gasteiger partial charge on any atom is 0.306 e. The molecule has 16 heavy (non-hydrogen) atoms. The first-order valence-electron chi connectivity index (χ1n) is 5.29. The predicted molar refractivity (Wildman–Crippen MR) is 53.4 cm³/mol. The van der Waals surface area contributed by atoms with E-state index < -0.39 is 11.9 Å². The first kappa shape index (κ1) is 11.1. The summed E-state index contributed by atoms with van der Waals surface area (Å²) in [6.07, 6.45) is 0.201. The van der Waals surface area contributed by atoms with Crippen LogP contribution in [-0.4, -0.2) is 46.9 Å². The van der Waals surface area contributed by atoms with Crippen LogP contribution in [-0.2, 0) is 14.4 Å². The number of nitrogens with zero attached hydrogens (tertiary/aromatic N) is 1. The summed E-state index contributed by atoms with van der Waals surface area (Å²) in [5.41, 5.74) is 0. The summed E-state index contributed by atoms with van der Waals surface area (Å²) < 4.78 is 0. The Morgan fingerprint density at radius 1 is 1.50 bits per heavy atom. The number of carbonyl (C=O) groups excluding carboxylic acids is 2. The van der Waals surface area contributed by atoms with Crippen LogP contribution in [0.3, 0.4) is 0 Å². The third-order valence-corrected chi connectivity index (χ3v) is 3.42. The lowest BCUT2D eigenvalue weighted by Gasteiger charge is -2.43. The molecular formula is C10H14N2O4. The fourth-order valence-electron chi connectivity index (χ4n) is 2.16. The highest BCUT2D eigenvalue weighted by molar-refractivity contribution is 6.05. The molecule has 2 N–H and O–H groups in total. The molecule has 6 heteroatoms. The Kier molecular flexibility index (Phi) is 2.67. The number of hydrogen-bond acceptors (Lipinski definition) is 4. The van der Waals surface area contributed by atoms with E-state index in [2.05, 4.69) is 5.32 Å². The van der Waals surface area contributed by atoms with E-state index in [-0.39, 0.29) is 30.2 Å². The Labute approximate surface area is 92.6 Å². The quantitative estimate of drug-likeness (QED) is 0.606. The van der Waals surface area contributed by atoms with E-state index in [1.54, 1.807) is 6.92 Å². The molecule has 2 fully saturated rings. The molecule has 2 amide bonds. The van der Waals surface area contributed by atoms with Crippen molar-refractivity contribution in [3.8, 4) is 0 Å². The summed E-state index contributed by atoms with van der Waals surface area (Å²) in [6, 6.07) is -0.384. The van der Waals surface area contributed by atoms with Gasteiger partial charge in [-0.15, -0.1) is 0 Å². The van der Waals surface area contributed by atoms with Gasteiger partial charge in [0, 0.05) is 13.1 Å². The van der Waals surface area contributed by atoms with E-state index in [0.29, 0.717) is 13.1 Å². The lowest BCUT2D eigenvalue weighted by molar-refractivity contribution is -0.146. The number of nitrogens with one attached hydrogen (secondary N) is 1. The van der Waals surface area contributed by atoms with Crippen LogP contribution in [0.5, 0.6) is 0 Å². The van der Waals surface area contributed by atoms with Crippen LogP contribution in [0.2, 0.25) is 0 Å². The van der Waals surface area contributed by atoms with Crippen LogP contribution in [0.4, 0.5) is 0 Å². The van der Waals surface area contributed by atoms with Crippen molar-refractivity contribution in [1.82, 2.24) is 10.2 Å². The number of carboxylic acids is 1. The number of likely N-dealkylation sites (tertiary alicyclic amines) is 1. The summed E-state index contributed by atoms with van der Waals surface area (Å²) in [6.45, 7) is 2.84. The molecule has 0 aromatic carbocycles. The summed E-state index contributed by atoms with van der Waals surface area (Å²) in [4.78, 5) is 34.9. The zero-order chi connectivity index (χ0) is 11.9. The van der Waals surface area contributed by atoms with Crippen LogP contribution >= 0.6 is 0 Å². The summed E-state index contributed by atoms with van der Waals surface area (Å²) in [5.74, 6) is -1.62. The molecule has 88 valence electrons. The molecule has 2 aliphatic heterocycles. The average Bonchev–Trinajstić information content (AvgIpc) is 2.43. The molecule has 2 rings (SSSR count). The Hall–Kier alpha value is -1.43. The minimum atomic E-state index is -0.809. The van der Waals surface area contributed by atoms with Crippen molar-refractivity contribution in [3.63, 3.8) is 0 Å². The second-order valence-electron chi connectivity index (χ2n) is 4.47. The highest BCUT2D eigenvalue weighted by atomic mass is 16.4. The monoisotopic (exact) mass is 226 g/mol. The normalized spacial score (nSPS) is 28.7. The lowest BCUT2D eigenvalue weighted by Crippen LogP contribution is -2.56. The SMILES string of the molecule is CC(C(=O)O)C1CN(C2CC(=O)NC2=O)C1. The third-order valence-electron chi connectivity index (χ3n) is 3.42. The maximum atomic E-state index is 11.3. The molecule has 2 atom stereocenters. The summed E-state index contributed by atoms with van der Waals surface area (Å²) in [7, 11) is 0. The fraction of sp³-hybridized carbons (Fsp3) is 0.700. The minimum absolute atomic E-state index is 0.0843. The molecule has 0 aromatic rings. The van der Waals surface area contributed by atoms with Crippen LogP contribution < -0.4 is 5.32 Å². The van der Waals surface area contributed by atoms with Crippen LogP contribution in [0, 0.1) is 11.8 Å². The zero-order valence-electron chi connectivity index (χ0n) is 8.97. The van der Waals surface area contributed by atoms with Crippen molar-refractivity contribution in [2.75, 3.05) is 13.1 Å². The van der Waals surface area contributed by atoms with Crippen LogP contribution in [0.1, 0.15) is 13.3 Å². The van der Waals surface area contributed by atoms with Crippen molar-refractivity contribution >= 4 is 17.8 Å². The summed E-state index contributed by atoms with van der Waals surface area (Å²) in [5, 5.41) is 11.1. The molecule has 2 heterocycles. The van der Waals surface area contributed by atoms with E-state index in [1.165, 1.54) is 0 Å². The van der Waals surface area contributed by atoms with E-state index in [9.17, 15) is 14.4 Å². The molecule has 0 aliphatic carbocycles. The van der Waals surface area contributed by atoms with Gasteiger partial charge in [0.15, 0.2) is 0 Å². The molecule has 0 aromatic heterocycles. The Morgan fingerprint density at radius 3 is 2.56 bits per heavy atom. The smallest absolute Gasteiger partial charge is 0.306 e. The Bertz CT molecular complexity index is 349. The number of carboxylic acid groups (broad SMARTS) is 1. The molecule has 0 bridgehead atoms. The van der Waals surface area contributed by atoms with E-state index in [1.807, 2.05) is 4.90 Å². The molecule has 0 saturated carbocycles.